The summed E-state index contributed by atoms with van der Waals surface area (Å²) in [5.41, 5.74) is 2.15. The van der Waals surface area contributed by atoms with Gasteiger partial charge >= 0.3 is 0 Å². The minimum absolute atomic E-state index is 0.0227. The quantitative estimate of drug-likeness (QED) is 0.909. The zero-order chi connectivity index (χ0) is 17.1. The SMILES string of the molecule is CC1(c2ccccc2)NC(COC2CCOC2)=NC1c1ccccc1. The molecule has 0 amide bonds. The van der Waals surface area contributed by atoms with Crippen LogP contribution >= 0.6 is 0 Å². The first-order valence-electron chi connectivity index (χ1n) is 8.90. The van der Waals surface area contributed by atoms with Gasteiger partial charge in [0.05, 0.1) is 18.2 Å². The van der Waals surface area contributed by atoms with Gasteiger partial charge in [-0.15, -0.1) is 0 Å². The summed E-state index contributed by atoms with van der Waals surface area (Å²) in [6.07, 6.45) is 1.15. The maximum Gasteiger partial charge on any atom is 0.124 e. The zero-order valence-corrected chi connectivity index (χ0v) is 14.5. The summed E-state index contributed by atoms with van der Waals surface area (Å²) in [6.45, 7) is 4.19. The van der Waals surface area contributed by atoms with Crippen molar-refractivity contribution >= 4 is 5.84 Å². The molecular weight excluding hydrogens is 312 g/mol. The summed E-state index contributed by atoms with van der Waals surface area (Å²) in [7, 11) is 0. The Balaban J connectivity index is 1.60. The fraction of sp³-hybridized carbons (Fsp3) is 0.381. The van der Waals surface area contributed by atoms with E-state index in [1.54, 1.807) is 0 Å². The largest absolute Gasteiger partial charge is 0.379 e. The summed E-state index contributed by atoms with van der Waals surface area (Å²) in [5, 5.41) is 3.64. The first-order chi connectivity index (χ1) is 12.3. The van der Waals surface area contributed by atoms with E-state index in [4.69, 9.17) is 14.5 Å². The van der Waals surface area contributed by atoms with Crippen LogP contribution in [-0.4, -0.2) is 31.8 Å². The van der Waals surface area contributed by atoms with Crippen LogP contribution in [0.2, 0.25) is 0 Å². The van der Waals surface area contributed by atoms with Crippen molar-refractivity contribution in [2.45, 2.75) is 31.0 Å². The van der Waals surface area contributed by atoms with Crippen molar-refractivity contribution in [1.29, 1.82) is 0 Å². The van der Waals surface area contributed by atoms with Crippen LogP contribution in [0.25, 0.3) is 0 Å². The van der Waals surface area contributed by atoms with E-state index in [2.05, 4.69) is 60.8 Å². The molecule has 0 saturated carbocycles. The van der Waals surface area contributed by atoms with Crippen molar-refractivity contribution < 1.29 is 9.47 Å². The van der Waals surface area contributed by atoms with Crippen LogP contribution in [0.4, 0.5) is 0 Å². The molecule has 2 heterocycles. The van der Waals surface area contributed by atoms with Gasteiger partial charge in [-0.1, -0.05) is 60.7 Å². The Morgan fingerprint density at radius 3 is 2.52 bits per heavy atom. The molecule has 25 heavy (non-hydrogen) atoms. The third-order valence-electron chi connectivity index (χ3n) is 5.07. The number of ether oxygens (including phenoxy) is 2. The lowest BCUT2D eigenvalue weighted by atomic mass is 9.82. The summed E-state index contributed by atoms with van der Waals surface area (Å²) in [6, 6.07) is 21.0. The van der Waals surface area contributed by atoms with E-state index in [1.165, 1.54) is 11.1 Å². The van der Waals surface area contributed by atoms with Gasteiger partial charge in [-0.2, -0.15) is 0 Å². The molecule has 0 aliphatic carbocycles. The van der Waals surface area contributed by atoms with Crippen LogP contribution in [0, 0.1) is 0 Å². The highest BCUT2D eigenvalue weighted by molar-refractivity contribution is 5.87. The average Bonchev–Trinajstić information content (AvgIpc) is 3.30. The molecule has 0 spiro atoms. The highest BCUT2D eigenvalue weighted by Crippen LogP contribution is 2.41. The lowest BCUT2D eigenvalue weighted by molar-refractivity contribution is 0.0650. The molecule has 1 N–H and O–H groups in total. The van der Waals surface area contributed by atoms with Crippen molar-refractivity contribution in [3.63, 3.8) is 0 Å². The molecule has 4 heteroatoms. The number of hydrogen-bond donors (Lipinski definition) is 1. The molecule has 130 valence electrons. The first kappa shape index (κ1) is 16.3. The molecule has 1 saturated heterocycles. The van der Waals surface area contributed by atoms with E-state index in [-0.39, 0.29) is 17.7 Å². The van der Waals surface area contributed by atoms with Gasteiger partial charge in [0.1, 0.15) is 18.5 Å². The molecule has 2 aromatic rings. The van der Waals surface area contributed by atoms with Crippen molar-refractivity contribution in [3.8, 4) is 0 Å². The van der Waals surface area contributed by atoms with Gasteiger partial charge < -0.3 is 14.8 Å². The van der Waals surface area contributed by atoms with E-state index in [1.807, 2.05) is 12.1 Å². The molecule has 1 fully saturated rings. The lowest BCUT2D eigenvalue weighted by Gasteiger charge is -2.32. The number of rotatable bonds is 5. The molecule has 0 bridgehead atoms. The van der Waals surface area contributed by atoms with Gasteiger partial charge in [0.25, 0.3) is 0 Å². The number of amidine groups is 1. The summed E-state index contributed by atoms with van der Waals surface area (Å²) in [5.74, 6) is 0.909. The number of hydrogen-bond acceptors (Lipinski definition) is 4. The van der Waals surface area contributed by atoms with E-state index in [0.29, 0.717) is 13.2 Å². The summed E-state index contributed by atoms with van der Waals surface area (Å²) in [4.78, 5) is 4.99. The minimum atomic E-state index is -0.284. The van der Waals surface area contributed by atoms with E-state index in [0.717, 1.165) is 18.9 Å². The maximum atomic E-state index is 5.98. The average molecular weight is 336 g/mol. The lowest BCUT2D eigenvalue weighted by Crippen LogP contribution is -2.43. The standard InChI is InChI=1S/C21H24N2O2/c1-21(17-10-6-3-7-11-17)20(16-8-4-2-5-9-16)22-19(23-21)15-25-18-12-13-24-14-18/h2-11,18,20H,12-15H2,1H3,(H,22,23). The Morgan fingerprint density at radius 2 is 1.84 bits per heavy atom. The molecule has 3 atom stereocenters. The fourth-order valence-electron chi connectivity index (χ4n) is 3.66. The Labute approximate surface area is 148 Å². The second-order valence-electron chi connectivity index (χ2n) is 6.88. The van der Waals surface area contributed by atoms with Crippen LogP contribution in [0.1, 0.15) is 30.5 Å². The van der Waals surface area contributed by atoms with Crippen molar-refractivity contribution in [2.24, 2.45) is 4.99 Å². The van der Waals surface area contributed by atoms with Gasteiger partial charge in [0.2, 0.25) is 0 Å². The molecule has 0 radical (unpaired) electrons. The zero-order valence-electron chi connectivity index (χ0n) is 14.5. The minimum Gasteiger partial charge on any atom is -0.379 e. The van der Waals surface area contributed by atoms with E-state index in [9.17, 15) is 0 Å². The van der Waals surface area contributed by atoms with Crippen molar-refractivity contribution in [1.82, 2.24) is 5.32 Å². The Hall–Kier alpha value is -2.17. The van der Waals surface area contributed by atoms with Crippen LogP contribution in [0.3, 0.4) is 0 Å². The van der Waals surface area contributed by atoms with Gasteiger partial charge in [-0.3, -0.25) is 4.99 Å². The molecular formula is C21H24N2O2. The predicted octanol–water partition coefficient (Wildman–Crippen LogP) is 3.45. The highest BCUT2D eigenvalue weighted by Gasteiger charge is 2.42. The molecule has 2 aliphatic heterocycles. The molecule has 4 nitrogen and oxygen atoms in total. The summed E-state index contributed by atoms with van der Waals surface area (Å²) < 4.78 is 11.4. The van der Waals surface area contributed by atoms with Crippen LogP contribution in [0.15, 0.2) is 65.7 Å². The van der Waals surface area contributed by atoms with Gasteiger partial charge in [-0.25, -0.2) is 0 Å². The second kappa shape index (κ2) is 6.98. The maximum absolute atomic E-state index is 5.98. The fourth-order valence-corrected chi connectivity index (χ4v) is 3.66. The topological polar surface area (TPSA) is 42.8 Å². The van der Waals surface area contributed by atoms with Crippen LogP contribution in [-0.2, 0) is 15.0 Å². The number of nitrogens with zero attached hydrogens (tertiary/aromatic N) is 1. The molecule has 0 aromatic heterocycles. The van der Waals surface area contributed by atoms with Gasteiger partial charge in [0, 0.05) is 6.61 Å². The Bertz CT molecular complexity index is 726. The van der Waals surface area contributed by atoms with E-state index >= 15 is 0 Å². The van der Waals surface area contributed by atoms with Crippen molar-refractivity contribution in [3.05, 3.63) is 71.8 Å². The smallest absolute Gasteiger partial charge is 0.124 e. The monoisotopic (exact) mass is 336 g/mol. The Kier molecular flexibility index (Phi) is 4.55. The van der Waals surface area contributed by atoms with E-state index < -0.39 is 0 Å². The second-order valence-corrected chi connectivity index (χ2v) is 6.88. The Morgan fingerprint density at radius 1 is 1.12 bits per heavy atom. The van der Waals surface area contributed by atoms with Crippen LogP contribution < -0.4 is 5.32 Å². The molecule has 3 unspecified atom stereocenters. The number of nitrogens with one attached hydrogen (secondary N) is 1. The first-order valence-corrected chi connectivity index (χ1v) is 8.90. The van der Waals surface area contributed by atoms with Gasteiger partial charge in [-0.05, 0) is 24.5 Å². The molecule has 4 rings (SSSR count). The molecule has 2 aromatic carbocycles. The number of aliphatic imine (C=N–C) groups is 1. The molecule has 2 aliphatic rings. The van der Waals surface area contributed by atoms with Crippen LogP contribution in [0.5, 0.6) is 0 Å². The normalized spacial score (nSPS) is 28.6. The third-order valence-corrected chi connectivity index (χ3v) is 5.07. The predicted molar refractivity (Wildman–Crippen MR) is 98.7 cm³/mol. The third kappa shape index (κ3) is 3.32. The highest BCUT2D eigenvalue weighted by atomic mass is 16.5. The number of benzene rings is 2. The van der Waals surface area contributed by atoms with Crippen molar-refractivity contribution in [2.75, 3.05) is 19.8 Å². The van der Waals surface area contributed by atoms with Gasteiger partial charge in [0.15, 0.2) is 0 Å². The summed E-state index contributed by atoms with van der Waals surface area (Å²) >= 11 is 0.